The molecule has 1 aliphatic heterocycles. The predicted octanol–water partition coefficient (Wildman–Crippen LogP) is 2.00. The summed E-state index contributed by atoms with van der Waals surface area (Å²) < 4.78 is 2.46. The summed E-state index contributed by atoms with van der Waals surface area (Å²) in [5.41, 5.74) is 0.794. The average molecular weight is 157 g/mol. The molecule has 0 bridgehead atoms. The second kappa shape index (κ2) is 2.15. The predicted molar refractivity (Wildman–Crippen MR) is 45.9 cm³/mol. The van der Waals surface area contributed by atoms with Crippen molar-refractivity contribution in [2.75, 3.05) is 19.3 Å². The van der Waals surface area contributed by atoms with Crippen molar-refractivity contribution in [3.05, 3.63) is 0 Å². The minimum absolute atomic E-state index is 0.794. The normalized spacial score (nSPS) is 31.8. The zero-order valence-corrected chi connectivity index (χ0v) is 7.58. The van der Waals surface area contributed by atoms with Crippen LogP contribution in [0.25, 0.3) is 0 Å². The first-order valence-electron chi connectivity index (χ1n) is 4.03. The van der Waals surface area contributed by atoms with Crippen LogP contribution in [0.1, 0.15) is 19.8 Å². The van der Waals surface area contributed by atoms with Crippen LogP contribution in [0, 0.1) is 11.3 Å². The van der Waals surface area contributed by atoms with Crippen molar-refractivity contribution in [1.82, 2.24) is 4.31 Å². The van der Waals surface area contributed by atoms with Gasteiger partial charge in [-0.1, -0.05) is 18.9 Å². The molecule has 58 valence electrons. The highest BCUT2D eigenvalue weighted by Gasteiger charge is 2.50. The summed E-state index contributed by atoms with van der Waals surface area (Å²) in [6.07, 6.45) is 5.16. The Kier molecular flexibility index (Phi) is 1.50. The lowest BCUT2D eigenvalue weighted by Crippen LogP contribution is -2.59. The molecule has 0 N–H and O–H groups in total. The Labute approximate surface area is 67.3 Å². The van der Waals surface area contributed by atoms with E-state index in [9.17, 15) is 0 Å². The molecule has 0 radical (unpaired) electrons. The highest BCUT2D eigenvalue weighted by molar-refractivity contribution is 7.96. The maximum atomic E-state index is 2.46. The van der Waals surface area contributed by atoms with Gasteiger partial charge in [0.1, 0.15) is 0 Å². The molecule has 0 atom stereocenters. The zero-order chi connectivity index (χ0) is 7.19. The lowest BCUT2D eigenvalue weighted by molar-refractivity contribution is -0.0407. The third-order valence-corrected chi connectivity index (χ3v) is 3.62. The largest absolute Gasteiger partial charge is 0.250 e. The fourth-order valence-corrected chi connectivity index (χ4v) is 3.31. The molecule has 1 nitrogen and oxygen atoms in total. The summed E-state index contributed by atoms with van der Waals surface area (Å²) >= 11 is 1.90. The van der Waals surface area contributed by atoms with Gasteiger partial charge in [-0.05, 0) is 30.4 Å². The lowest BCUT2D eigenvalue weighted by atomic mass is 9.59. The summed E-state index contributed by atoms with van der Waals surface area (Å²) in [5.74, 6) is 1.02. The second-order valence-electron chi connectivity index (χ2n) is 3.99. The number of hydrogen-bond donors (Lipinski definition) is 0. The minimum Gasteiger partial charge on any atom is -0.250 e. The van der Waals surface area contributed by atoms with E-state index in [0.29, 0.717) is 0 Å². The number of rotatable bonds is 1. The van der Waals surface area contributed by atoms with Crippen LogP contribution in [0.15, 0.2) is 0 Å². The Morgan fingerprint density at radius 3 is 2.40 bits per heavy atom. The van der Waals surface area contributed by atoms with Crippen LogP contribution in [-0.2, 0) is 0 Å². The van der Waals surface area contributed by atoms with Gasteiger partial charge in [0.05, 0.1) is 0 Å². The maximum absolute atomic E-state index is 2.46. The monoisotopic (exact) mass is 157 g/mol. The molecule has 10 heavy (non-hydrogen) atoms. The minimum atomic E-state index is 0.794. The zero-order valence-electron chi connectivity index (χ0n) is 6.76. The molecule has 1 heterocycles. The molecule has 0 amide bonds. The van der Waals surface area contributed by atoms with Crippen molar-refractivity contribution < 1.29 is 0 Å². The van der Waals surface area contributed by atoms with Gasteiger partial charge in [-0.15, -0.1) is 0 Å². The van der Waals surface area contributed by atoms with Crippen molar-refractivity contribution in [3.8, 4) is 0 Å². The molecule has 0 aromatic heterocycles. The van der Waals surface area contributed by atoms with Crippen molar-refractivity contribution in [1.29, 1.82) is 0 Å². The molecular weight excluding hydrogens is 142 g/mol. The van der Waals surface area contributed by atoms with E-state index in [1.165, 1.54) is 25.9 Å². The van der Waals surface area contributed by atoms with Gasteiger partial charge < -0.3 is 0 Å². The van der Waals surface area contributed by atoms with Gasteiger partial charge in [-0.2, -0.15) is 0 Å². The van der Waals surface area contributed by atoms with Gasteiger partial charge in [0, 0.05) is 13.1 Å². The Balaban J connectivity index is 1.80. The van der Waals surface area contributed by atoms with E-state index in [-0.39, 0.29) is 0 Å². The smallest absolute Gasteiger partial charge is 0.0159 e. The standard InChI is InChI=1S/C8H15NS/c1-7-3-8(4-7)5-9(6-8)10-2/h7H,3-6H2,1-2H3. The number of hydrogen-bond acceptors (Lipinski definition) is 2. The molecule has 2 rings (SSSR count). The van der Waals surface area contributed by atoms with Crippen molar-refractivity contribution in [2.45, 2.75) is 19.8 Å². The first kappa shape index (κ1) is 6.99. The molecule has 1 aliphatic carbocycles. The molecular formula is C8H15NS. The van der Waals surface area contributed by atoms with Gasteiger partial charge in [0.2, 0.25) is 0 Å². The quantitative estimate of drug-likeness (QED) is 0.536. The van der Waals surface area contributed by atoms with Crippen molar-refractivity contribution in [2.24, 2.45) is 11.3 Å². The van der Waals surface area contributed by atoms with Gasteiger partial charge in [-0.25, -0.2) is 4.31 Å². The van der Waals surface area contributed by atoms with E-state index < -0.39 is 0 Å². The van der Waals surface area contributed by atoms with Gasteiger partial charge in [0.25, 0.3) is 0 Å². The van der Waals surface area contributed by atoms with E-state index in [4.69, 9.17) is 0 Å². The fourth-order valence-electron chi connectivity index (χ4n) is 2.51. The van der Waals surface area contributed by atoms with Crippen molar-refractivity contribution in [3.63, 3.8) is 0 Å². The van der Waals surface area contributed by atoms with Crippen LogP contribution >= 0.6 is 11.9 Å². The summed E-state index contributed by atoms with van der Waals surface area (Å²) in [7, 11) is 0. The molecule has 2 fully saturated rings. The molecule has 1 saturated heterocycles. The third kappa shape index (κ3) is 0.892. The van der Waals surface area contributed by atoms with Gasteiger partial charge in [-0.3, -0.25) is 0 Å². The Hall–Kier alpha value is 0.310. The molecule has 1 spiro atoms. The van der Waals surface area contributed by atoms with Crippen LogP contribution in [0.4, 0.5) is 0 Å². The summed E-state index contributed by atoms with van der Waals surface area (Å²) in [5, 5.41) is 0. The highest BCUT2D eigenvalue weighted by atomic mass is 32.2. The first-order chi connectivity index (χ1) is 4.74. The average Bonchev–Trinajstić information content (AvgIpc) is 1.74. The van der Waals surface area contributed by atoms with E-state index in [1.807, 2.05) is 11.9 Å². The fraction of sp³-hybridized carbons (Fsp3) is 1.00. The van der Waals surface area contributed by atoms with Gasteiger partial charge in [0.15, 0.2) is 0 Å². The van der Waals surface area contributed by atoms with E-state index in [0.717, 1.165) is 11.3 Å². The molecule has 0 aromatic carbocycles. The first-order valence-corrected chi connectivity index (χ1v) is 5.21. The summed E-state index contributed by atoms with van der Waals surface area (Å²) in [6, 6.07) is 0. The molecule has 2 aliphatic rings. The van der Waals surface area contributed by atoms with Crippen LogP contribution in [0.2, 0.25) is 0 Å². The molecule has 1 saturated carbocycles. The SMILES string of the molecule is CSN1CC2(CC(C)C2)C1. The number of nitrogens with zero attached hydrogens (tertiary/aromatic N) is 1. The molecule has 2 heteroatoms. The molecule has 0 unspecified atom stereocenters. The highest BCUT2D eigenvalue weighted by Crippen LogP contribution is 2.52. The maximum Gasteiger partial charge on any atom is 0.0159 e. The van der Waals surface area contributed by atoms with Crippen LogP contribution in [-0.4, -0.2) is 23.7 Å². The lowest BCUT2D eigenvalue weighted by Gasteiger charge is -2.57. The van der Waals surface area contributed by atoms with E-state index >= 15 is 0 Å². The summed E-state index contributed by atoms with van der Waals surface area (Å²) in [6.45, 7) is 5.09. The van der Waals surface area contributed by atoms with Crippen molar-refractivity contribution >= 4 is 11.9 Å². The molecule has 0 aromatic rings. The van der Waals surface area contributed by atoms with Crippen LogP contribution < -0.4 is 0 Å². The Bertz CT molecular complexity index is 132. The Morgan fingerprint density at radius 2 is 2.00 bits per heavy atom. The van der Waals surface area contributed by atoms with Gasteiger partial charge >= 0.3 is 0 Å². The third-order valence-electron chi connectivity index (χ3n) is 2.84. The second-order valence-corrected chi connectivity index (χ2v) is 4.88. The van der Waals surface area contributed by atoms with E-state index in [2.05, 4.69) is 17.5 Å². The summed E-state index contributed by atoms with van der Waals surface area (Å²) in [4.78, 5) is 0. The Morgan fingerprint density at radius 1 is 1.40 bits per heavy atom. The topological polar surface area (TPSA) is 3.24 Å². The van der Waals surface area contributed by atoms with Crippen LogP contribution in [0.5, 0.6) is 0 Å². The van der Waals surface area contributed by atoms with Crippen LogP contribution in [0.3, 0.4) is 0 Å². The van der Waals surface area contributed by atoms with E-state index in [1.54, 1.807) is 0 Å².